The van der Waals surface area contributed by atoms with Crippen molar-refractivity contribution in [3.63, 3.8) is 0 Å². The van der Waals surface area contributed by atoms with Gasteiger partial charge in [-0.05, 0) is 65.2 Å². The Labute approximate surface area is 157 Å². The highest BCUT2D eigenvalue weighted by Gasteiger charge is 2.37. The molecule has 2 N–H and O–H groups in total. The third-order valence-corrected chi connectivity index (χ3v) is 4.72. The third-order valence-electron chi connectivity index (χ3n) is 4.72. The highest BCUT2D eigenvalue weighted by Crippen LogP contribution is 2.31. The lowest BCUT2D eigenvalue weighted by Crippen LogP contribution is -2.62. The van der Waals surface area contributed by atoms with Crippen molar-refractivity contribution >= 4 is 11.5 Å². The molecule has 1 aliphatic rings. The van der Waals surface area contributed by atoms with E-state index in [1.807, 2.05) is 25.1 Å². The van der Waals surface area contributed by atoms with E-state index in [-0.39, 0.29) is 23.0 Å². The van der Waals surface area contributed by atoms with E-state index in [9.17, 15) is 4.79 Å². The summed E-state index contributed by atoms with van der Waals surface area (Å²) in [6.07, 6.45) is 3.45. The first-order valence-corrected chi connectivity index (χ1v) is 9.06. The normalized spacial score (nSPS) is 19.7. The lowest BCUT2D eigenvalue weighted by molar-refractivity contribution is -0.117. The smallest absolute Gasteiger partial charge is 0.244 e. The average Bonchev–Trinajstić information content (AvgIpc) is 2.50. The highest BCUT2D eigenvalue weighted by molar-refractivity contribution is 5.95. The zero-order valence-corrected chi connectivity index (χ0v) is 17.0. The van der Waals surface area contributed by atoms with Crippen LogP contribution in [-0.2, 0) is 4.79 Å². The van der Waals surface area contributed by atoms with Crippen molar-refractivity contribution in [1.82, 2.24) is 10.6 Å². The molecule has 26 heavy (non-hydrogen) atoms. The second-order valence-electron chi connectivity index (χ2n) is 8.40. The van der Waals surface area contributed by atoms with Crippen molar-refractivity contribution in [3.8, 4) is 11.5 Å². The molecule has 1 aromatic rings. The largest absolute Gasteiger partial charge is 0.497 e. The molecule has 1 amide bonds. The molecule has 1 aliphatic heterocycles. The van der Waals surface area contributed by atoms with Gasteiger partial charge in [-0.1, -0.05) is 0 Å². The Morgan fingerprint density at radius 3 is 2.31 bits per heavy atom. The Morgan fingerprint density at radius 2 is 1.77 bits per heavy atom. The van der Waals surface area contributed by atoms with Crippen molar-refractivity contribution in [1.29, 1.82) is 0 Å². The van der Waals surface area contributed by atoms with Gasteiger partial charge in [-0.3, -0.25) is 4.79 Å². The van der Waals surface area contributed by atoms with Crippen molar-refractivity contribution in [2.45, 2.75) is 64.6 Å². The Kier molecular flexibility index (Phi) is 6.02. The fraction of sp³-hybridized carbons (Fsp3) is 0.571. The number of carbonyl (C=O) groups excluding carboxylic acids is 1. The van der Waals surface area contributed by atoms with Crippen LogP contribution in [0, 0.1) is 0 Å². The standard InChI is InChI=1S/C21H32N2O3/c1-14(17-9-8-16(25-6)11-18(17)26-7)10-19(24)22-15-12-20(2,3)23-21(4,5)13-15/h8-11,15,23H,12-13H2,1-7H3,(H,22,24)/b14-10+. The van der Waals surface area contributed by atoms with Crippen LogP contribution >= 0.6 is 0 Å². The molecular weight excluding hydrogens is 328 g/mol. The lowest BCUT2D eigenvalue weighted by atomic mass is 9.79. The number of methoxy groups -OCH3 is 2. The predicted octanol–water partition coefficient (Wildman–Crippen LogP) is 3.53. The van der Waals surface area contributed by atoms with Crippen LogP contribution in [0.25, 0.3) is 5.57 Å². The molecule has 5 nitrogen and oxygen atoms in total. The molecule has 0 aromatic heterocycles. The molecule has 5 heteroatoms. The first-order chi connectivity index (χ1) is 12.0. The Hall–Kier alpha value is -2.01. The fourth-order valence-corrected chi connectivity index (χ4v) is 4.07. The summed E-state index contributed by atoms with van der Waals surface area (Å²) in [4.78, 5) is 12.6. The number of amides is 1. The number of nitrogens with one attached hydrogen (secondary N) is 2. The van der Waals surface area contributed by atoms with E-state index in [1.54, 1.807) is 20.3 Å². The maximum Gasteiger partial charge on any atom is 0.244 e. The van der Waals surface area contributed by atoms with Gasteiger partial charge in [0.25, 0.3) is 0 Å². The maximum atomic E-state index is 12.6. The summed E-state index contributed by atoms with van der Waals surface area (Å²) in [7, 11) is 3.23. The number of ether oxygens (including phenoxy) is 2. The van der Waals surface area contributed by atoms with Gasteiger partial charge in [-0.25, -0.2) is 0 Å². The third kappa shape index (κ3) is 5.24. The van der Waals surface area contributed by atoms with Crippen LogP contribution < -0.4 is 20.1 Å². The fourth-order valence-electron chi connectivity index (χ4n) is 4.07. The molecular formula is C21H32N2O3. The number of piperidine rings is 1. The molecule has 2 rings (SSSR count). The molecule has 1 aromatic carbocycles. The van der Waals surface area contributed by atoms with Gasteiger partial charge in [0.1, 0.15) is 11.5 Å². The van der Waals surface area contributed by atoms with Crippen LogP contribution in [0.15, 0.2) is 24.3 Å². The maximum absolute atomic E-state index is 12.6. The number of hydrogen-bond donors (Lipinski definition) is 2. The van der Waals surface area contributed by atoms with E-state index in [2.05, 4.69) is 38.3 Å². The number of carbonyl (C=O) groups is 1. The minimum Gasteiger partial charge on any atom is -0.497 e. The molecule has 0 bridgehead atoms. The zero-order valence-electron chi connectivity index (χ0n) is 17.0. The Balaban J connectivity index is 2.13. The zero-order chi connectivity index (χ0) is 19.5. The topological polar surface area (TPSA) is 59.6 Å². The summed E-state index contributed by atoms with van der Waals surface area (Å²) in [5.74, 6) is 1.34. The van der Waals surface area contributed by atoms with Gasteiger partial charge >= 0.3 is 0 Å². The first kappa shape index (κ1) is 20.3. The van der Waals surface area contributed by atoms with Gasteiger partial charge in [0.15, 0.2) is 0 Å². The van der Waals surface area contributed by atoms with Crippen LogP contribution in [0.5, 0.6) is 11.5 Å². The summed E-state index contributed by atoms with van der Waals surface area (Å²) in [5.41, 5.74) is 1.74. The molecule has 0 spiro atoms. The summed E-state index contributed by atoms with van der Waals surface area (Å²) < 4.78 is 10.7. The van der Waals surface area contributed by atoms with Gasteiger partial charge in [0, 0.05) is 34.8 Å². The number of rotatable bonds is 5. The van der Waals surface area contributed by atoms with E-state index < -0.39 is 0 Å². The van der Waals surface area contributed by atoms with Crippen LogP contribution in [0.4, 0.5) is 0 Å². The quantitative estimate of drug-likeness (QED) is 0.789. The molecule has 144 valence electrons. The van der Waals surface area contributed by atoms with Gasteiger partial charge < -0.3 is 20.1 Å². The minimum absolute atomic E-state index is 0.00232. The van der Waals surface area contributed by atoms with Crippen LogP contribution in [0.2, 0.25) is 0 Å². The van der Waals surface area contributed by atoms with Crippen molar-refractivity contribution in [2.24, 2.45) is 0 Å². The highest BCUT2D eigenvalue weighted by atomic mass is 16.5. The SMILES string of the molecule is COc1ccc(/C(C)=C/C(=O)NC2CC(C)(C)NC(C)(C)C2)c(OC)c1. The van der Waals surface area contributed by atoms with E-state index in [0.717, 1.165) is 29.7 Å². The summed E-state index contributed by atoms with van der Waals surface area (Å²) in [6.45, 7) is 10.6. The van der Waals surface area contributed by atoms with Gasteiger partial charge in [-0.15, -0.1) is 0 Å². The second kappa shape index (κ2) is 7.70. The van der Waals surface area contributed by atoms with Crippen molar-refractivity contribution in [3.05, 3.63) is 29.8 Å². The first-order valence-electron chi connectivity index (χ1n) is 9.06. The molecule has 0 aliphatic carbocycles. The monoisotopic (exact) mass is 360 g/mol. The van der Waals surface area contributed by atoms with E-state index in [1.165, 1.54) is 0 Å². The summed E-state index contributed by atoms with van der Waals surface area (Å²) in [5, 5.41) is 6.80. The molecule has 1 fully saturated rings. The molecule has 0 unspecified atom stereocenters. The molecule has 1 saturated heterocycles. The number of hydrogen-bond acceptors (Lipinski definition) is 4. The molecule has 0 saturated carbocycles. The van der Waals surface area contributed by atoms with Crippen LogP contribution in [0.3, 0.4) is 0 Å². The Morgan fingerprint density at radius 1 is 1.15 bits per heavy atom. The minimum atomic E-state index is -0.0705. The average molecular weight is 360 g/mol. The predicted molar refractivity (Wildman–Crippen MR) is 106 cm³/mol. The van der Waals surface area contributed by atoms with Gasteiger partial charge in [0.05, 0.1) is 14.2 Å². The van der Waals surface area contributed by atoms with E-state index >= 15 is 0 Å². The van der Waals surface area contributed by atoms with Gasteiger partial charge in [0.2, 0.25) is 5.91 Å². The summed E-state index contributed by atoms with van der Waals surface area (Å²) in [6, 6.07) is 5.75. The summed E-state index contributed by atoms with van der Waals surface area (Å²) >= 11 is 0. The van der Waals surface area contributed by atoms with Gasteiger partial charge in [-0.2, -0.15) is 0 Å². The molecule has 1 heterocycles. The molecule has 0 atom stereocenters. The van der Waals surface area contributed by atoms with E-state index in [4.69, 9.17) is 9.47 Å². The van der Waals surface area contributed by atoms with Crippen molar-refractivity contribution in [2.75, 3.05) is 14.2 Å². The molecule has 0 radical (unpaired) electrons. The van der Waals surface area contributed by atoms with Crippen molar-refractivity contribution < 1.29 is 14.3 Å². The second-order valence-corrected chi connectivity index (χ2v) is 8.40. The Bertz CT molecular complexity index is 676. The van der Waals surface area contributed by atoms with Crippen LogP contribution in [0.1, 0.15) is 53.0 Å². The lowest BCUT2D eigenvalue weighted by Gasteiger charge is -2.46. The number of benzene rings is 1. The number of allylic oxidation sites excluding steroid dienone is 1. The van der Waals surface area contributed by atoms with E-state index in [0.29, 0.717) is 5.75 Å². The van der Waals surface area contributed by atoms with Crippen LogP contribution in [-0.4, -0.2) is 37.2 Å².